The maximum absolute atomic E-state index is 12.5. The number of carbonyl (C=O) groups excluding carboxylic acids is 2. The summed E-state index contributed by atoms with van der Waals surface area (Å²) in [4.78, 5) is 42.1. The Balaban J connectivity index is 1.17. The molecule has 1 aliphatic carbocycles. The van der Waals surface area contributed by atoms with Crippen LogP contribution >= 0.6 is 11.3 Å². The molecule has 10 heteroatoms. The fraction of sp³-hybridized carbons (Fsp3) is 0.240. The highest BCUT2D eigenvalue weighted by Crippen LogP contribution is 2.41. The Kier molecular flexibility index (Phi) is 6.28. The third kappa shape index (κ3) is 5.38. The molecule has 1 amide bonds. The van der Waals surface area contributed by atoms with E-state index in [2.05, 4.69) is 15.4 Å². The van der Waals surface area contributed by atoms with Crippen molar-refractivity contribution >= 4 is 33.9 Å². The summed E-state index contributed by atoms with van der Waals surface area (Å²) in [5.74, 6) is 0.150. The van der Waals surface area contributed by atoms with Gasteiger partial charge in [0.15, 0.2) is 6.10 Å². The minimum Gasteiger partial charge on any atom is -0.481 e. The molecule has 2 aromatic carbocycles. The van der Waals surface area contributed by atoms with E-state index >= 15 is 0 Å². The summed E-state index contributed by atoms with van der Waals surface area (Å²) in [7, 11) is 0. The van der Waals surface area contributed by atoms with Crippen LogP contribution in [0.5, 0.6) is 5.75 Å². The lowest BCUT2D eigenvalue weighted by molar-refractivity contribution is -0.122. The largest absolute Gasteiger partial charge is 0.481 e. The summed E-state index contributed by atoms with van der Waals surface area (Å²) < 4.78 is 12.2. The molecule has 0 radical (unpaired) electrons. The Morgan fingerprint density at radius 1 is 1.14 bits per heavy atom. The number of nitrogens with one attached hydrogen (secondary N) is 1. The van der Waals surface area contributed by atoms with Crippen molar-refractivity contribution in [1.29, 1.82) is 0 Å². The molecule has 2 aromatic heterocycles. The van der Waals surface area contributed by atoms with Crippen molar-refractivity contribution < 1.29 is 19.1 Å². The first-order valence-electron chi connectivity index (χ1n) is 11.2. The molecular formula is C25H22N4O5S. The van der Waals surface area contributed by atoms with Gasteiger partial charge in [0.25, 0.3) is 11.5 Å². The van der Waals surface area contributed by atoms with E-state index in [1.165, 1.54) is 21.9 Å². The smallest absolute Gasteiger partial charge is 0.338 e. The highest BCUT2D eigenvalue weighted by Gasteiger charge is 2.28. The maximum Gasteiger partial charge on any atom is 0.338 e. The van der Waals surface area contributed by atoms with E-state index in [0.717, 1.165) is 17.8 Å². The van der Waals surface area contributed by atoms with Crippen LogP contribution in [0.4, 0.5) is 5.69 Å². The van der Waals surface area contributed by atoms with Crippen molar-refractivity contribution in [3.8, 4) is 5.75 Å². The number of carbonyl (C=O) groups is 2. The van der Waals surface area contributed by atoms with Gasteiger partial charge in [0.1, 0.15) is 17.4 Å². The quantitative estimate of drug-likeness (QED) is 0.374. The fourth-order valence-electron chi connectivity index (χ4n) is 3.35. The van der Waals surface area contributed by atoms with Crippen molar-refractivity contribution in [1.82, 2.24) is 14.6 Å². The molecule has 0 bridgehead atoms. The Labute approximate surface area is 204 Å². The van der Waals surface area contributed by atoms with E-state index < -0.39 is 12.1 Å². The highest BCUT2D eigenvalue weighted by atomic mass is 32.1. The van der Waals surface area contributed by atoms with Crippen LogP contribution in [0.2, 0.25) is 0 Å². The second-order valence-corrected chi connectivity index (χ2v) is 9.20. The van der Waals surface area contributed by atoms with E-state index in [4.69, 9.17) is 9.47 Å². The number of benzene rings is 2. The monoisotopic (exact) mass is 490 g/mol. The molecule has 1 atom stereocenters. The van der Waals surface area contributed by atoms with Gasteiger partial charge in [-0.1, -0.05) is 29.5 Å². The molecular weight excluding hydrogens is 468 g/mol. The Hall–Kier alpha value is -4.05. The molecule has 0 saturated heterocycles. The molecule has 1 N–H and O–H groups in total. The van der Waals surface area contributed by atoms with Crippen LogP contribution in [-0.4, -0.2) is 32.6 Å². The number of hydrogen-bond donors (Lipinski definition) is 1. The van der Waals surface area contributed by atoms with Gasteiger partial charge in [-0.2, -0.15) is 9.61 Å². The van der Waals surface area contributed by atoms with Gasteiger partial charge in [0, 0.05) is 17.7 Å². The standard InChI is InChI=1S/C25H22N4O5S/c1-15(34-20-5-3-2-4-6-20)22(31)26-18-11-9-17(10-12-18)24(32)33-14-19-13-21(30)29-25(27-19)35-23(28-29)16-7-8-16/h2-6,9-13,15-16H,7-8,14H2,1H3,(H,26,31)/t15-/m0/s1. The van der Waals surface area contributed by atoms with Gasteiger partial charge in [-0.05, 0) is 56.2 Å². The Morgan fingerprint density at radius 2 is 1.89 bits per heavy atom. The van der Waals surface area contributed by atoms with Crippen molar-refractivity contribution in [2.75, 3.05) is 5.32 Å². The van der Waals surface area contributed by atoms with Crippen molar-refractivity contribution in [3.05, 3.63) is 87.3 Å². The lowest BCUT2D eigenvalue weighted by Crippen LogP contribution is -2.30. The topological polar surface area (TPSA) is 112 Å². The molecule has 0 unspecified atom stereocenters. The van der Waals surface area contributed by atoms with Crippen molar-refractivity contribution in [2.24, 2.45) is 0 Å². The first kappa shape index (κ1) is 22.7. The number of hydrogen-bond acceptors (Lipinski definition) is 8. The zero-order valence-corrected chi connectivity index (χ0v) is 19.7. The minimum atomic E-state index is -0.699. The number of amides is 1. The molecule has 0 aliphatic heterocycles. The zero-order valence-electron chi connectivity index (χ0n) is 18.8. The van der Waals surface area contributed by atoms with Crippen LogP contribution in [0.3, 0.4) is 0 Å². The molecule has 2 heterocycles. The van der Waals surface area contributed by atoms with Gasteiger partial charge in [-0.25, -0.2) is 9.78 Å². The van der Waals surface area contributed by atoms with E-state index in [0.29, 0.717) is 33.6 Å². The molecule has 35 heavy (non-hydrogen) atoms. The molecule has 1 fully saturated rings. The van der Waals surface area contributed by atoms with Crippen molar-refractivity contribution in [2.45, 2.75) is 38.4 Å². The number of aromatic nitrogens is 3. The number of nitrogens with zero attached hydrogens (tertiary/aromatic N) is 3. The molecule has 0 spiro atoms. The van der Waals surface area contributed by atoms with Crippen molar-refractivity contribution in [3.63, 3.8) is 0 Å². The second kappa shape index (κ2) is 9.67. The van der Waals surface area contributed by atoms with Crippen LogP contribution < -0.4 is 15.6 Å². The average molecular weight is 491 g/mol. The number of para-hydroxylation sites is 1. The third-order valence-corrected chi connectivity index (χ3v) is 6.48. The van der Waals surface area contributed by atoms with E-state index in [9.17, 15) is 14.4 Å². The summed E-state index contributed by atoms with van der Waals surface area (Å²) in [5, 5.41) is 8.00. The van der Waals surface area contributed by atoms with Gasteiger partial charge in [0.05, 0.1) is 11.3 Å². The third-order valence-electron chi connectivity index (χ3n) is 5.40. The predicted octanol–water partition coefficient (Wildman–Crippen LogP) is 3.79. The average Bonchev–Trinajstić information content (AvgIpc) is 3.62. The summed E-state index contributed by atoms with van der Waals surface area (Å²) in [6, 6.07) is 16.7. The normalized spacial score (nSPS) is 13.9. The number of fused-ring (bicyclic) bond motifs is 1. The molecule has 4 aromatic rings. The van der Waals surface area contributed by atoms with Gasteiger partial charge in [-0.15, -0.1) is 0 Å². The van der Waals surface area contributed by atoms with Gasteiger partial charge >= 0.3 is 5.97 Å². The lowest BCUT2D eigenvalue weighted by Gasteiger charge is -2.14. The van der Waals surface area contributed by atoms with E-state index in [-0.39, 0.29) is 18.1 Å². The first-order valence-corrected chi connectivity index (χ1v) is 12.0. The van der Waals surface area contributed by atoms with E-state index in [1.54, 1.807) is 43.3 Å². The summed E-state index contributed by atoms with van der Waals surface area (Å²) in [6.07, 6.45) is 1.47. The number of ether oxygens (including phenoxy) is 2. The molecule has 1 aliphatic rings. The SMILES string of the molecule is C[C@H](Oc1ccccc1)C(=O)Nc1ccc(C(=O)OCc2cc(=O)n3nc(C4CC4)sc3n2)cc1. The Bertz CT molecular complexity index is 1430. The second-order valence-electron chi connectivity index (χ2n) is 8.21. The van der Waals surface area contributed by atoms with Crippen LogP contribution in [0.1, 0.15) is 46.7 Å². The molecule has 9 nitrogen and oxygen atoms in total. The van der Waals surface area contributed by atoms with Gasteiger partial charge < -0.3 is 14.8 Å². The van der Waals surface area contributed by atoms with Gasteiger partial charge in [0.2, 0.25) is 4.96 Å². The van der Waals surface area contributed by atoms with Crippen LogP contribution in [-0.2, 0) is 16.1 Å². The van der Waals surface area contributed by atoms with Gasteiger partial charge in [-0.3, -0.25) is 9.59 Å². The number of esters is 1. The summed E-state index contributed by atoms with van der Waals surface area (Å²) in [5.41, 5.74) is 0.899. The molecule has 5 rings (SSSR count). The highest BCUT2D eigenvalue weighted by molar-refractivity contribution is 7.16. The maximum atomic E-state index is 12.5. The van der Waals surface area contributed by atoms with Crippen LogP contribution in [0, 0.1) is 0 Å². The van der Waals surface area contributed by atoms with Crippen LogP contribution in [0.25, 0.3) is 4.96 Å². The summed E-state index contributed by atoms with van der Waals surface area (Å²) >= 11 is 1.39. The van der Waals surface area contributed by atoms with Crippen LogP contribution in [0.15, 0.2) is 65.5 Å². The Morgan fingerprint density at radius 3 is 2.60 bits per heavy atom. The van der Waals surface area contributed by atoms with E-state index in [1.807, 2.05) is 18.2 Å². The summed E-state index contributed by atoms with van der Waals surface area (Å²) in [6.45, 7) is 1.53. The number of rotatable bonds is 8. The molecule has 178 valence electrons. The minimum absolute atomic E-state index is 0.131. The lowest BCUT2D eigenvalue weighted by atomic mass is 10.2. The fourth-order valence-corrected chi connectivity index (χ4v) is 4.45. The number of anilines is 1. The predicted molar refractivity (Wildman–Crippen MR) is 130 cm³/mol. The first-order chi connectivity index (χ1) is 17.0. The molecule has 1 saturated carbocycles. The zero-order chi connectivity index (χ0) is 24.4.